The molecule has 0 aliphatic carbocycles. The van der Waals surface area contributed by atoms with Gasteiger partial charge in [-0.25, -0.2) is 0 Å². The number of carbonyl (C=O) groups excluding carboxylic acids is 1. The van der Waals surface area contributed by atoms with Crippen molar-refractivity contribution in [3.63, 3.8) is 0 Å². The highest BCUT2D eigenvalue weighted by Crippen LogP contribution is 2.48. The Balaban J connectivity index is 1.40. The first-order valence-electron chi connectivity index (χ1n) is 10.5. The topological polar surface area (TPSA) is 63.7 Å². The summed E-state index contributed by atoms with van der Waals surface area (Å²) in [6.07, 6.45) is 2.20. The molecule has 154 valence electrons. The summed E-state index contributed by atoms with van der Waals surface area (Å²) in [5.41, 5.74) is 2.16. The molecule has 5 rings (SSSR count). The quantitative estimate of drug-likeness (QED) is 0.831. The van der Waals surface area contributed by atoms with Crippen LogP contribution in [-0.4, -0.2) is 48.1 Å². The van der Waals surface area contributed by atoms with Crippen LogP contribution >= 0.6 is 11.5 Å². The van der Waals surface area contributed by atoms with Gasteiger partial charge in [0.05, 0.1) is 18.2 Å². The van der Waals surface area contributed by atoms with Crippen LogP contribution in [-0.2, 0) is 9.53 Å². The zero-order valence-corrected chi connectivity index (χ0v) is 17.5. The molecule has 2 saturated heterocycles. The van der Waals surface area contributed by atoms with Crippen molar-refractivity contribution >= 4 is 22.4 Å². The van der Waals surface area contributed by atoms with Crippen molar-refractivity contribution in [3.05, 3.63) is 41.6 Å². The molecule has 0 saturated carbocycles. The van der Waals surface area contributed by atoms with Gasteiger partial charge in [-0.1, -0.05) is 18.2 Å². The van der Waals surface area contributed by atoms with E-state index in [2.05, 4.69) is 26.7 Å². The average Bonchev–Trinajstić information content (AvgIpc) is 3.32. The minimum atomic E-state index is -0.0874. The van der Waals surface area contributed by atoms with E-state index in [1.807, 2.05) is 25.1 Å². The van der Waals surface area contributed by atoms with Crippen molar-refractivity contribution in [2.75, 3.05) is 38.2 Å². The van der Waals surface area contributed by atoms with Crippen LogP contribution in [0.25, 0.3) is 0 Å². The second-order valence-electron chi connectivity index (χ2n) is 8.40. The van der Waals surface area contributed by atoms with Gasteiger partial charge in [-0.05, 0) is 49.3 Å². The number of nitrogens with one attached hydrogen (secondary N) is 1. The van der Waals surface area contributed by atoms with Gasteiger partial charge in [0, 0.05) is 43.8 Å². The Hall–Kier alpha value is -1.96. The van der Waals surface area contributed by atoms with Crippen molar-refractivity contribution in [1.29, 1.82) is 0 Å². The lowest BCUT2D eigenvalue weighted by molar-refractivity contribution is -0.121. The highest BCUT2D eigenvalue weighted by atomic mass is 32.1. The maximum Gasteiger partial charge on any atom is 0.229 e. The van der Waals surface area contributed by atoms with Crippen molar-refractivity contribution in [3.8, 4) is 5.75 Å². The third-order valence-corrected chi connectivity index (χ3v) is 7.26. The van der Waals surface area contributed by atoms with E-state index in [0.717, 1.165) is 55.6 Å². The number of benzene rings is 1. The fourth-order valence-corrected chi connectivity index (χ4v) is 5.70. The van der Waals surface area contributed by atoms with E-state index in [4.69, 9.17) is 9.47 Å². The fourth-order valence-electron chi connectivity index (χ4n) is 5.03. The van der Waals surface area contributed by atoms with Crippen LogP contribution in [0.2, 0.25) is 0 Å². The molecular weight excluding hydrogens is 386 g/mol. The standard InChI is InChI=1S/C22H27N3O3S/c1-14-10-20(29-24-14)23-22(26)17-12-25(11-15-6-8-27-9-7-15)21-16-4-2-3-5-19(16)28-13-18(17)21/h2-5,10,15,17-18,21H,6-9,11-13H2,1H3,(H,23,26)/t17-,18+,21+/m1/s1. The molecule has 1 amide bonds. The van der Waals surface area contributed by atoms with Crippen LogP contribution < -0.4 is 10.1 Å². The number of ether oxygens (including phenoxy) is 2. The summed E-state index contributed by atoms with van der Waals surface area (Å²) in [4.78, 5) is 15.7. The number of hydrogen-bond donors (Lipinski definition) is 1. The average molecular weight is 414 g/mol. The van der Waals surface area contributed by atoms with Crippen LogP contribution in [0.15, 0.2) is 30.3 Å². The Kier molecular flexibility index (Phi) is 5.28. The lowest BCUT2D eigenvalue weighted by Crippen LogP contribution is -2.36. The van der Waals surface area contributed by atoms with Gasteiger partial charge in [0.15, 0.2) is 0 Å². The predicted molar refractivity (Wildman–Crippen MR) is 112 cm³/mol. The fraction of sp³-hybridized carbons (Fsp3) is 0.545. The normalized spacial score (nSPS) is 27.1. The molecule has 0 spiro atoms. The van der Waals surface area contributed by atoms with E-state index in [9.17, 15) is 4.79 Å². The van der Waals surface area contributed by atoms with Gasteiger partial charge in [-0.2, -0.15) is 4.37 Å². The minimum absolute atomic E-state index is 0.0844. The molecule has 0 unspecified atom stereocenters. The van der Waals surface area contributed by atoms with Gasteiger partial charge in [0.1, 0.15) is 10.8 Å². The van der Waals surface area contributed by atoms with E-state index in [0.29, 0.717) is 12.5 Å². The number of nitrogens with zero attached hydrogens (tertiary/aromatic N) is 2. The molecule has 1 N–H and O–H groups in total. The molecule has 0 radical (unpaired) electrons. The highest BCUT2D eigenvalue weighted by Gasteiger charge is 2.49. The first-order chi connectivity index (χ1) is 14.2. The molecule has 2 aromatic rings. The molecule has 1 aromatic heterocycles. The number of likely N-dealkylation sites (tertiary alicyclic amines) is 1. The predicted octanol–water partition coefficient (Wildman–Crippen LogP) is 3.50. The molecule has 29 heavy (non-hydrogen) atoms. The van der Waals surface area contributed by atoms with Gasteiger partial charge in [-0.15, -0.1) is 0 Å². The van der Waals surface area contributed by atoms with Crippen molar-refractivity contribution in [1.82, 2.24) is 9.27 Å². The number of carbonyl (C=O) groups is 1. The van der Waals surface area contributed by atoms with Crippen LogP contribution in [0.1, 0.15) is 30.1 Å². The smallest absolute Gasteiger partial charge is 0.229 e. The van der Waals surface area contributed by atoms with Crippen molar-refractivity contribution < 1.29 is 14.3 Å². The van der Waals surface area contributed by atoms with Crippen LogP contribution in [0.5, 0.6) is 5.75 Å². The summed E-state index contributed by atoms with van der Waals surface area (Å²) in [5, 5.41) is 3.92. The maximum absolute atomic E-state index is 13.2. The molecule has 3 aliphatic rings. The van der Waals surface area contributed by atoms with Gasteiger partial charge >= 0.3 is 0 Å². The molecule has 6 nitrogen and oxygen atoms in total. The first kappa shape index (κ1) is 19.0. The van der Waals surface area contributed by atoms with E-state index in [1.54, 1.807) is 0 Å². The van der Waals surface area contributed by atoms with E-state index in [1.165, 1.54) is 17.1 Å². The molecule has 3 aliphatic heterocycles. The zero-order valence-electron chi connectivity index (χ0n) is 16.7. The summed E-state index contributed by atoms with van der Waals surface area (Å²) >= 11 is 1.34. The molecule has 7 heteroatoms. The summed E-state index contributed by atoms with van der Waals surface area (Å²) in [7, 11) is 0. The number of amides is 1. The van der Waals surface area contributed by atoms with Gasteiger partial charge in [-0.3, -0.25) is 9.69 Å². The van der Waals surface area contributed by atoms with Crippen LogP contribution in [0.4, 0.5) is 5.00 Å². The Morgan fingerprint density at radius 2 is 2.14 bits per heavy atom. The monoisotopic (exact) mass is 413 g/mol. The third-order valence-electron chi connectivity index (χ3n) is 6.46. The number of anilines is 1. The lowest BCUT2D eigenvalue weighted by atomic mass is 9.84. The van der Waals surface area contributed by atoms with Crippen LogP contribution in [0.3, 0.4) is 0 Å². The summed E-state index contributed by atoms with van der Waals surface area (Å²) in [6, 6.07) is 10.5. The van der Waals surface area contributed by atoms with Gasteiger partial charge in [0.25, 0.3) is 0 Å². The number of aryl methyl sites for hydroxylation is 1. The summed E-state index contributed by atoms with van der Waals surface area (Å²) in [6.45, 7) is 6.02. The lowest BCUT2D eigenvalue weighted by Gasteiger charge is -2.36. The summed E-state index contributed by atoms with van der Waals surface area (Å²) < 4.78 is 15.9. The van der Waals surface area contributed by atoms with E-state index >= 15 is 0 Å². The molecule has 4 heterocycles. The van der Waals surface area contributed by atoms with Gasteiger partial charge < -0.3 is 14.8 Å². The molecular formula is C22H27N3O3S. The number of fused-ring (bicyclic) bond motifs is 3. The number of para-hydroxylation sites is 1. The zero-order chi connectivity index (χ0) is 19.8. The number of hydrogen-bond acceptors (Lipinski definition) is 6. The Morgan fingerprint density at radius 1 is 1.31 bits per heavy atom. The Labute approximate surface area is 175 Å². The van der Waals surface area contributed by atoms with Crippen molar-refractivity contribution in [2.24, 2.45) is 17.8 Å². The third kappa shape index (κ3) is 3.79. The minimum Gasteiger partial charge on any atom is -0.493 e. The van der Waals surface area contributed by atoms with Crippen molar-refractivity contribution in [2.45, 2.75) is 25.8 Å². The molecule has 3 atom stereocenters. The number of rotatable bonds is 4. The second kappa shape index (κ2) is 8.05. The maximum atomic E-state index is 13.2. The van der Waals surface area contributed by atoms with E-state index < -0.39 is 0 Å². The van der Waals surface area contributed by atoms with Crippen LogP contribution in [0, 0.1) is 24.7 Å². The SMILES string of the molecule is Cc1cc(NC(=O)[C@@H]2CN(CC3CCOCC3)[C@H]3c4ccccc4OC[C@@H]23)sn1. The number of aromatic nitrogens is 1. The molecule has 0 bridgehead atoms. The summed E-state index contributed by atoms with van der Waals surface area (Å²) in [5.74, 6) is 1.76. The largest absolute Gasteiger partial charge is 0.493 e. The molecule has 1 aromatic carbocycles. The first-order valence-corrected chi connectivity index (χ1v) is 11.2. The van der Waals surface area contributed by atoms with Gasteiger partial charge in [0.2, 0.25) is 5.91 Å². The second-order valence-corrected chi connectivity index (χ2v) is 9.20. The molecule has 2 fully saturated rings. The van der Waals surface area contributed by atoms with E-state index in [-0.39, 0.29) is 23.8 Å². The highest BCUT2D eigenvalue weighted by molar-refractivity contribution is 7.10. The Morgan fingerprint density at radius 3 is 2.93 bits per heavy atom. The Bertz CT molecular complexity index is 880.